The van der Waals surface area contributed by atoms with Crippen LogP contribution < -0.4 is 15.8 Å². The number of ether oxygens (including phenoxy) is 1. The normalized spacial score (nSPS) is 10.2. The van der Waals surface area contributed by atoms with Crippen LogP contribution in [0.1, 0.15) is 22.8 Å². The van der Waals surface area contributed by atoms with Gasteiger partial charge in [-0.25, -0.2) is 4.39 Å². The maximum Gasteiger partial charge on any atom is 0.258 e. The third-order valence-corrected chi connectivity index (χ3v) is 2.96. The van der Waals surface area contributed by atoms with Gasteiger partial charge < -0.3 is 15.8 Å². The number of carbonyl (C=O) groups excluding carboxylic acids is 1. The van der Waals surface area contributed by atoms with E-state index in [1.165, 1.54) is 18.2 Å². The largest absolute Gasteiger partial charge is 0.494 e. The van der Waals surface area contributed by atoms with Gasteiger partial charge in [0.25, 0.3) is 5.91 Å². The van der Waals surface area contributed by atoms with Gasteiger partial charge in [0.15, 0.2) is 0 Å². The summed E-state index contributed by atoms with van der Waals surface area (Å²) in [6, 6.07) is 11.0. The van der Waals surface area contributed by atoms with E-state index in [9.17, 15) is 9.18 Å². The van der Waals surface area contributed by atoms with Crippen molar-refractivity contribution < 1.29 is 13.9 Å². The van der Waals surface area contributed by atoms with Gasteiger partial charge in [-0.3, -0.25) is 4.79 Å². The maximum atomic E-state index is 13.6. The van der Waals surface area contributed by atoms with Crippen LogP contribution in [0.15, 0.2) is 42.5 Å². The SMILES string of the molecule is CCOc1ccc(NC(=O)c2ccccc2F)cc1CN. The Kier molecular flexibility index (Phi) is 4.90. The van der Waals surface area contributed by atoms with E-state index in [1.807, 2.05) is 6.92 Å². The molecule has 0 aromatic heterocycles. The molecule has 0 saturated carbocycles. The van der Waals surface area contributed by atoms with E-state index >= 15 is 0 Å². The van der Waals surface area contributed by atoms with Crippen LogP contribution in [-0.2, 0) is 6.54 Å². The number of hydrogen-bond donors (Lipinski definition) is 2. The number of nitrogens with one attached hydrogen (secondary N) is 1. The molecular weight excluding hydrogens is 271 g/mol. The molecule has 0 fully saturated rings. The molecule has 2 rings (SSSR count). The minimum absolute atomic E-state index is 0.000633. The Morgan fingerprint density at radius 3 is 2.71 bits per heavy atom. The third kappa shape index (κ3) is 3.58. The van der Waals surface area contributed by atoms with Crippen molar-refractivity contribution in [3.8, 4) is 5.75 Å². The van der Waals surface area contributed by atoms with Crippen LogP contribution in [-0.4, -0.2) is 12.5 Å². The molecule has 0 aliphatic rings. The predicted octanol–water partition coefficient (Wildman–Crippen LogP) is 2.94. The maximum absolute atomic E-state index is 13.6. The second-order valence-electron chi connectivity index (χ2n) is 4.39. The molecule has 21 heavy (non-hydrogen) atoms. The summed E-state index contributed by atoms with van der Waals surface area (Å²) in [7, 11) is 0. The topological polar surface area (TPSA) is 64.3 Å². The molecule has 0 aliphatic heterocycles. The van der Waals surface area contributed by atoms with Gasteiger partial charge in [-0.05, 0) is 37.3 Å². The van der Waals surface area contributed by atoms with Crippen molar-refractivity contribution in [2.45, 2.75) is 13.5 Å². The van der Waals surface area contributed by atoms with E-state index < -0.39 is 11.7 Å². The van der Waals surface area contributed by atoms with Gasteiger partial charge in [-0.15, -0.1) is 0 Å². The Morgan fingerprint density at radius 2 is 2.05 bits per heavy atom. The molecule has 5 heteroatoms. The number of hydrogen-bond acceptors (Lipinski definition) is 3. The number of rotatable bonds is 5. The molecular formula is C16H17FN2O2. The van der Waals surface area contributed by atoms with Gasteiger partial charge in [0.2, 0.25) is 0 Å². The fourth-order valence-electron chi connectivity index (χ4n) is 1.96. The lowest BCUT2D eigenvalue weighted by molar-refractivity contribution is 0.102. The molecule has 2 aromatic carbocycles. The van der Waals surface area contributed by atoms with Crippen LogP contribution in [0.25, 0.3) is 0 Å². The zero-order valence-electron chi connectivity index (χ0n) is 11.7. The summed E-state index contributed by atoms with van der Waals surface area (Å²) >= 11 is 0. The number of carbonyl (C=O) groups is 1. The van der Waals surface area contributed by atoms with Crippen LogP contribution in [0.3, 0.4) is 0 Å². The van der Waals surface area contributed by atoms with E-state index in [-0.39, 0.29) is 5.56 Å². The third-order valence-electron chi connectivity index (χ3n) is 2.96. The molecule has 0 spiro atoms. The fourth-order valence-corrected chi connectivity index (χ4v) is 1.96. The highest BCUT2D eigenvalue weighted by atomic mass is 19.1. The van der Waals surface area contributed by atoms with E-state index in [1.54, 1.807) is 24.3 Å². The summed E-state index contributed by atoms with van der Waals surface area (Å²) in [5, 5.41) is 2.65. The van der Waals surface area contributed by atoms with Gasteiger partial charge in [0, 0.05) is 17.8 Å². The molecule has 0 bridgehead atoms. The quantitative estimate of drug-likeness (QED) is 0.889. The summed E-state index contributed by atoms with van der Waals surface area (Å²) in [4.78, 5) is 12.0. The first-order valence-corrected chi connectivity index (χ1v) is 6.67. The Hall–Kier alpha value is -2.40. The predicted molar refractivity (Wildman–Crippen MR) is 79.9 cm³/mol. The highest BCUT2D eigenvalue weighted by molar-refractivity contribution is 6.04. The Labute approximate surface area is 122 Å². The van der Waals surface area contributed by atoms with Crippen molar-refractivity contribution in [3.05, 3.63) is 59.4 Å². The lowest BCUT2D eigenvalue weighted by Gasteiger charge is -2.12. The van der Waals surface area contributed by atoms with Gasteiger partial charge in [-0.1, -0.05) is 12.1 Å². The van der Waals surface area contributed by atoms with Crippen LogP contribution in [0.5, 0.6) is 5.75 Å². The van der Waals surface area contributed by atoms with Crippen molar-refractivity contribution >= 4 is 11.6 Å². The summed E-state index contributed by atoms with van der Waals surface area (Å²) in [5.41, 5.74) is 6.99. The summed E-state index contributed by atoms with van der Waals surface area (Å²) < 4.78 is 19.0. The van der Waals surface area contributed by atoms with Crippen molar-refractivity contribution in [2.24, 2.45) is 5.73 Å². The average molecular weight is 288 g/mol. The Morgan fingerprint density at radius 1 is 1.29 bits per heavy atom. The highest BCUT2D eigenvalue weighted by Gasteiger charge is 2.12. The molecule has 0 heterocycles. The van der Waals surface area contributed by atoms with E-state index in [2.05, 4.69) is 5.32 Å². The zero-order chi connectivity index (χ0) is 15.2. The number of anilines is 1. The van der Waals surface area contributed by atoms with Gasteiger partial charge in [0.05, 0.1) is 12.2 Å². The highest BCUT2D eigenvalue weighted by Crippen LogP contribution is 2.23. The first-order valence-electron chi connectivity index (χ1n) is 6.67. The number of nitrogens with two attached hydrogens (primary N) is 1. The molecule has 4 nitrogen and oxygen atoms in total. The van der Waals surface area contributed by atoms with Crippen LogP contribution in [0.2, 0.25) is 0 Å². The zero-order valence-corrected chi connectivity index (χ0v) is 11.7. The molecule has 0 aliphatic carbocycles. The smallest absolute Gasteiger partial charge is 0.258 e. The van der Waals surface area contributed by atoms with Crippen molar-refractivity contribution in [1.82, 2.24) is 0 Å². The molecule has 1 amide bonds. The molecule has 110 valence electrons. The molecule has 0 atom stereocenters. The summed E-state index contributed by atoms with van der Waals surface area (Å²) in [5.74, 6) is -0.371. The second kappa shape index (κ2) is 6.85. The molecule has 3 N–H and O–H groups in total. The molecule has 2 aromatic rings. The Bertz CT molecular complexity index is 644. The fraction of sp³-hybridized carbons (Fsp3) is 0.188. The van der Waals surface area contributed by atoms with Gasteiger partial charge in [0.1, 0.15) is 11.6 Å². The minimum Gasteiger partial charge on any atom is -0.494 e. The molecule has 0 saturated heterocycles. The minimum atomic E-state index is -0.556. The number of halogens is 1. The summed E-state index contributed by atoms with van der Waals surface area (Å²) in [6.45, 7) is 2.71. The molecule has 0 radical (unpaired) electrons. The monoisotopic (exact) mass is 288 g/mol. The first kappa shape index (κ1) is 15.0. The Balaban J connectivity index is 2.20. The van der Waals surface area contributed by atoms with Crippen LogP contribution >= 0.6 is 0 Å². The van der Waals surface area contributed by atoms with E-state index in [0.717, 1.165) is 5.56 Å². The number of benzene rings is 2. The van der Waals surface area contributed by atoms with Crippen molar-refractivity contribution in [1.29, 1.82) is 0 Å². The van der Waals surface area contributed by atoms with Gasteiger partial charge >= 0.3 is 0 Å². The lowest BCUT2D eigenvalue weighted by Crippen LogP contribution is -2.14. The molecule has 0 unspecified atom stereocenters. The average Bonchev–Trinajstić information content (AvgIpc) is 2.49. The standard InChI is InChI=1S/C16H17FN2O2/c1-2-21-15-8-7-12(9-11(15)10-18)19-16(20)13-5-3-4-6-14(13)17/h3-9H,2,10,18H2,1H3,(H,19,20). The second-order valence-corrected chi connectivity index (χ2v) is 4.39. The van der Waals surface area contributed by atoms with Crippen molar-refractivity contribution in [3.63, 3.8) is 0 Å². The van der Waals surface area contributed by atoms with Crippen LogP contribution in [0, 0.1) is 5.82 Å². The van der Waals surface area contributed by atoms with Crippen LogP contribution in [0.4, 0.5) is 10.1 Å². The van der Waals surface area contributed by atoms with E-state index in [4.69, 9.17) is 10.5 Å². The first-order chi connectivity index (χ1) is 10.2. The lowest BCUT2D eigenvalue weighted by atomic mass is 10.1. The van der Waals surface area contributed by atoms with Crippen molar-refractivity contribution in [2.75, 3.05) is 11.9 Å². The number of amides is 1. The van der Waals surface area contributed by atoms with E-state index in [0.29, 0.717) is 24.6 Å². The summed E-state index contributed by atoms with van der Waals surface area (Å²) in [6.07, 6.45) is 0. The van der Waals surface area contributed by atoms with Gasteiger partial charge in [-0.2, -0.15) is 0 Å².